The van der Waals surface area contributed by atoms with Crippen LogP contribution in [0.3, 0.4) is 0 Å². The second-order valence-electron chi connectivity index (χ2n) is 24.9. The molecule has 0 amide bonds. The molecule has 4 aliphatic rings. The van der Waals surface area contributed by atoms with Crippen molar-refractivity contribution in [1.29, 1.82) is 0 Å². The van der Waals surface area contributed by atoms with E-state index < -0.39 is 0 Å². The normalized spacial score (nSPS) is 17.2. The first-order valence-corrected chi connectivity index (χ1v) is 25.7. The lowest BCUT2D eigenvalue weighted by atomic mass is 9.59. The molecule has 0 unspecified atom stereocenters. The van der Waals surface area contributed by atoms with Crippen LogP contribution in [0.4, 0.5) is 11.4 Å². The Morgan fingerprint density at radius 3 is 1.93 bits per heavy atom. The van der Waals surface area contributed by atoms with Crippen molar-refractivity contribution < 1.29 is 4.42 Å². The molecule has 0 spiro atoms. The van der Waals surface area contributed by atoms with Gasteiger partial charge in [-0.25, -0.2) is 0 Å². The van der Waals surface area contributed by atoms with E-state index in [1.54, 1.807) is 0 Å². The van der Waals surface area contributed by atoms with Crippen molar-refractivity contribution in [2.24, 2.45) is 0 Å². The van der Waals surface area contributed by atoms with Crippen molar-refractivity contribution in [2.75, 3.05) is 5.32 Å². The Kier molecular flexibility index (Phi) is 8.15. The van der Waals surface area contributed by atoms with Gasteiger partial charge in [0.05, 0.1) is 5.52 Å². The van der Waals surface area contributed by atoms with Crippen molar-refractivity contribution in [2.45, 2.75) is 116 Å². The fourth-order valence-corrected chi connectivity index (χ4v) is 13.8. The molecule has 4 heteroatoms. The van der Waals surface area contributed by atoms with Crippen molar-refractivity contribution in [3.63, 3.8) is 0 Å². The zero-order valence-electron chi connectivity index (χ0n) is 42.7. The lowest BCUT2D eigenvalue weighted by Gasteiger charge is -2.42. The third kappa shape index (κ3) is 5.59. The first-order chi connectivity index (χ1) is 33.3. The van der Waals surface area contributed by atoms with Gasteiger partial charge in [-0.2, -0.15) is 0 Å². The fraction of sp³-hybridized carbons (Fsp3) is 0.273. The maximum atomic E-state index is 6.65. The molecule has 0 bridgehead atoms. The second kappa shape index (κ2) is 13.5. The van der Waals surface area contributed by atoms with E-state index in [-0.39, 0.29) is 27.1 Å². The summed E-state index contributed by atoms with van der Waals surface area (Å²) >= 11 is 0. The van der Waals surface area contributed by atoms with Crippen LogP contribution in [0, 0.1) is 0 Å². The number of para-hydroxylation sites is 1. The van der Waals surface area contributed by atoms with Crippen LogP contribution in [0.15, 0.2) is 138 Å². The SMILES string of the molecule is CC(C)(C)c1ccc(Nc2cc3c(cc2-c2ccc4c5cc6c(cc5n5c4c2Bc2cc4oc7ccccc7c4cc2-5)C(C)(C)c2ccccc2-6)-c2cc4c(cc2C3(C)C)C(C)(C)CCC4(C)C)cc1. The minimum absolute atomic E-state index is 0.0649. The molecule has 3 nitrogen and oxygen atoms in total. The van der Waals surface area contributed by atoms with Gasteiger partial charge in [0.2, 0.25) is 0 Å². The molecule has 1 aliphatic heterocycles. The topological polar surface area (TPSA) is 30.1 Å². The Labute approximate surface area is 413 Å². The molecule has 344 valence electrons. The zero-order chi connectivity index (χ0) is 48.2. The molecule has 14 rings (SSSR count). The van der Waals surface area contributed by atoms with Gasteiger partial charge in [-0.3, -0.25) is 0 Å². The Hall–Kier alpha value is -6.78. The van der Waals surface area contributed by atoms with Gasteiger partial charge in [-0.15, -0.1) is 0 Å². The van der Waals surface area contributed by atoms with Crippen molar-refractivity contribution in [3.05, 3.63) is 172 Å². The van der Waals surface area contributed by atoms with Crippen molar-refractivity contribution >= 4 is 73.3 Å². The Balaban J connectivity index is 1.06. The molecule has 10 aromatic rings. The fourth-order valence-electron chi connectivity index (χ4n) is 13.8. The molecule has 0 radical (unpaired) electrons. The molecule has 70 heavy (non-hydrogen) atoms. The van der Waals surface area contributed by atoms with Crippen molar-refractivity contribution in [1.82, 2.24) is 4.57 Å². The third-order valence-electron chi connectivity index (χ3n) is 18.0. The van der Waals surface area contributed by atoms with Crippen LogP contribution in [0.25, 0.3) is 82.8 Å². The van der Waals surface area contributed by atoms with Gasteiger partial charge in [-0.05, 0) is 162 Å². The summed E-state index contributed by atoms with van der Waals surface area (Å²) in [7, 11) is 0.787. The summed E-state index contributed by atoms with van der Waals surface area (Å²) in [6, 6.07) is 51.7. The smallest absolute Gasteiger partial charge is 0.198 e. The highest BCUT2D eigenvalue weighted by atomic mass is 16.3. The molecule has 3 aliphatic carbocycles. The van der Waals surface area contributed by atoms with Crippen LogP contribution in [0.5, 0.6) is 0 Å². The van der Waals surface area contributed by atoms with Crippen LogP contribution >= 0.6 is 0 Å². The van der Waals surface area contributed by atoms with Crippen LogP contribution in [-0.4, -0.2) is 11.8 Å². The van der Waals surface area contributed by atoms with Gasteiger partial charge in [0.15, 0.2) is 7.28 Å². The number of anilines is 2. The van der Waals surface area contributed by atoms with E-state index in [1.807, 2.05) is 0 Å². The summed E-state index contributed by atoms with van der Waals surface area (Å²) in [5, 5.41) is 9.00. The monoisotopic (exact) mass is 908 g/mol. The van der Waals surface area contributed by atoms with Crippen LogP contribution in [0.1, 0.15) is 128 Å². The number of nitrogens with one attached hydrogen (secondary N) is 1. The van der Waals surface area contributed by atoms with Crippen LogP contribution in [-0.2, 0) is 27.1 Å². The average molecular weight is 909 g/mol. The molecule has 0 atom stereocenters. The number of furan rings is 1. The molecule has 0 saturated heterocycles. The van der Waals surface area contributed by atoms with E-state index in [4.69, 9.17) is 4.42 Å². The average Bonchev–Trinajstić information content (AvgIpc) is 3.99. The Morgan fingerprint density at radius 1 is 0.500 bits per heavy atom. The number of fused-ring (bicyclic) bond motifs is 15. The van der Waals surface area contributed by atoms with Gasteiger partial charge in [0.25, 0.3) is 0 Å². The molecule has 3 heterocycles. The van der Waals surface area contributed by atoms with Gasteiger partial charge in [0, 0.05) is 60.5 Å². The molecular formula is C66H61BN2O. The standard InChI is InChI=1S/C66H61BN2O/c1-62(2,3)36-20-22-37(23-21-36)68-55-33-50-43(44-30-52-53(32-49(44)66(50,10)11)64(6,7)27-26-63(52,4)5)28-45(55)40-24-25-41-46-29-42-38-16-12-14-18-48(38)65(8,9)51(42)34-56(46)69-57-31-47-39-17-13-15-19-58(39)70-59(47)35-54(57)67-60(40)61(41)69/h12-25,28-35,67-68H,26-27H2,1-11H3. The summed E-state index contributed by atoms with van der Waals surface area (Å²) < 4.78 is 9.28. The number of aromatic nitrogens is 1. The molecule has 1 N–H and O–H groups in total. The van der Waals surface area contributed by atoms with E-state index in [0.717, 1.165) is 40.6 Å². The number of benzene rings is 8. The summed E-state index contributed by atoms with van der Waals surface area (Å²) in [6.07, 6.45) is 2.39. The van der Waals surface area contributed by atoms with Gasteiger partial charge >= 0.3 is 0 Å². The number of rotatable bonds is 3. The molecule has 2 aromatic heterocycles. The highest BCUT2D eigenvalue weighted by molar-refractivity contribution is 6.73. The summed E-state index contributed by atoms with van der Waals surface area (Å²) in [5.41, 5.74) is 28.5. The van der Waals surface area contributed by atoms with E-state index in [2.05, 4.69) is 220 Å². The molecule has 8 aromatic carbocycles. The van der Waals surface area contributed by atoms with Gasteiger partial charge in [0.1, 0.15) is 11.2 Å². The third-order valence-corrected chi connectivity index (χ3v) is 18.0. The first-order valence-electron chi connectivity index (χ1n) is 25.7. The van der Waals surface area contributed by atoms with E-state index >= 15 is 0 Å². The Bertz CT molecular complexity index is 3970. The predicted octanol–water partition coefficient (Wildman–Crippen LogP) is 16.1. The van der Waals surface area contributed by atoms with Crippen LogP contribution < -0.4 is 16.2 Å². The summed E-state index contributed by atoms with van der Waals surface area (Å²) in [4.78, 5) is 0. The van der Waals surface area contributed by atoms with E-state index in [0.29, 0.717) is 0 Å². The summed E-state index contributed by atoms with van der Waals surface area (Å²) in [5.74, 6) is 0. The number of nitrogens with zero attached hydrogens (tertiary/aromatic N) is 1. The first kappa shape index (κ1) is 42.1. The van der Waals surface area contributed by atoms with Crippen LogP contribution in [0.2, 0.25) is 0 Å². The van der Waals surface area contributed by atoms with E-state index in [1.165, 1.54) is 124 Å². The summed E-state index contributed by atoms with van der Waals surface area (Å²) in [6.45, 7) is 26.4. The lowest BCUT2D eigenvalue weighted by molar-refractivity contribution is 0.331. The minimum Gasteiger partial charge on any atom is -0.456 e. The molecule has 0 fully saturated rings. The van der Waals surface area contributed by atoms with Gasteiger partial charge < -0.3 is 14.3 Å². The number of hydrogen-bond donors (Lipinski definition) is 1. The van der Waals surface area contributed by atoms with Crippen molar-refractivity contribution in [3.8, 4) is 39.1 Å². The molecule has 0 saturated carbocycles. The Morgan fingerprint density at radius 2 is 1.16 bits per heavy atom. The minimum atomic E-state index is -0.184. The largest absolute Gasteiger partial charge is 0.456 e. The maximum Gasteiger partial charge on any atom is 0.198 e. The second-order valence-corrected chi connectivity index (χ2v) is 24.9. The van der Waals surface area contributed by atoms with Gasteiger partial charge in [-0.1, -0.05) is 154 Å². The molecular weight excluding hydrogens is 848 g/mol. The predicted molar refractivity (Wildman–Crippen MR) is 299 cm³/mol. The van der Waals surface area contributed by atoms with E-state index in [9.17, 15) is 0 Å². The lowest BCUT2D eigenvalue weighted by Crippen LogP contribution is -2.37. The zero-order valence-corrected chi connectivity index (χ0v) is 42.7. The quantitative estimate of drug-likeness (QED) is 0.179. The highest BCUT2D eigenvalue weighted by Crippen LogP contribution is 2.57. The maximum absolute atomic E-state index is 6.65. The number of hydrogen-bond acceptors (Lipinski definition) is 2. The highest BCUT2D eigenvalue weighted by Gasteiger charge is 2.44.